The van der Waals surface area contributed by atoms with Gasteiger partial charge in [-0.25, -0.2) is 0 Å². The number of rotatable bonds is 6. The Hall–Kier alpha value is -0.280. The van der Waals surface area contributed by atoms with E-state index in [1.807, 2.05) is 4.90 Å². The molecule has 1 amide bonds. The van der Waals surface area contributed by atoms with E-state index in [0.29, 0.717) is 24.1 Å². The molecule has 1 saturated heterocycles. The van der Waals surface area contributed by atoms with E-state index in [0.717, 1.165) is 45.4 Å². The minimum absolute atomic E-state index is 0.293. The van der Waals surface area contributed by atoms with Gasteiger partial charge in [-0.1, -0.05) is 0 Å². The van der Waals surface area contributed by atoms with Gasteiger partial charge in [0.2, 0.25) is 5.91 Å². The Morgan fingerprint density at radius 1 is 1.38 bits per heavy atom. The maximum absolute atomic E-state index is 11.8. The predicted octanol–water partition coefficient (Wildman–Crippen LogP) is 2.28. The molecule has 0 spiro atoms. The summed E-state index contributed by atoms with van der Waals surface area (Å²) in [5.41, 5.74) is 0. The number of unbranched alkanes of at least 4 members (excludes halogenated alkanes) is 1. The van der Waals surface area contributed by atoms with Crippen molar-refractivity contribution in [1.29, 1.82) is 0 Å². The van der Waals surface area contributed by atoms with E-state index >= 15 is 0 Å². The molecule has 16 heavy (non-hydrogen) atoms. The van der Waals surface area contributed by atoms with E-state index in [1.54, 1.807) is 7.11 Å². The average Bonchev–Trinajstić information content (AvgIpc) is 2.30. The first-order valence-electron chi connectivity index (χ1n) is 6.10. The number of carbonyl (C=O) groups is 1. The lowest BCUT2D eigenvalue weighted by Crippen LogP contribution is -2.39. The third-order valence-electron chi connectivity index (χ3n) is 3.14. The summed E-state index contributed by atoms with van der Waals surface area (Å²) < 4.78 is 5.14. The van der Waals surface area contributed by atoms with Gasteiger partial charge in [-0.2, -0.15) is 0 Å². The molecule has 0 bridgehead atoms. The topological polar surface area (TPSA) is 29.5 Å². The molecular formula is C12H22ClNO2. The molecule has 94 valence electrons. The van der Waals surface area contributed by atoms with Gasteiger partial charge in [0.15, 0.2) is 0 Å². The Kier molecular flexibility index (Phi) is 6.81. The molecule has 0 aromatic carbocycles. The van der Waals surface area contributed by atoms with Crippen molar-refractivity contribution in [3.8, 4) is 0 Å². The molecule has 0 aromatic rings. The normalized spacial score (nSPS) is 17.8. The monoisotopic (exact) mass is 247 g/mol. The predicted molar refractivity (Wildman–Crippen MR) is 65.8 cm³/mol. The second kappa shape index (κ2) is 7.91. The summed E-state index contributed by atoms with van der Waals surface area (Å²) in [6.45, 7) is 2.62. The maximum atomic E-state index is 11.8. The zero-order valence-electron chi connectivity index (χ0n) is 10.1. The van der Waals surface area contributed by atoms with Gasteiger partial charge >= 0.3 is 0 Å². The second-order valence-corrected chi connectivity index (χ2v) is 4.80. The zero-order chi connectivity index (χ0) is 11.8. The first kappa shape index (κ1) is 13.8. The minimum Gasteiger partial charge on any atom is -0.384 e. The second-order valence-electron chi connectivity index (χ2n) is 4.43. The summed E-state index contributed by atoms with van der Waals surface area (Å²) in [7, 11) is 1.74. The molecule has 0 aromatic heterocycles. The van der Waals surface area contributed by atoms with Crippen LogP contribution >= 0.6 is 11.6 Å². The van der Waals surface area contributed by atoms with Crippen LogP contribution in [0.1, 0.15) is 32.1 Å². The van der Waals surface area contributed by atoms with Crippen LogP contribution in [0.15, 0.2) is 0 Å². The Morgan fingerprint density at radius 2 is 2.06 bits per heavy atom. The quantitative estimate of drug-likeness (QED) is 0.532. The van der Waals surface area contributed by atoms with Crippen LogP contribution in [0, 0.1) is 5.92 Å². The number of carbonyl (C=O) groups excluding carboxylic acids is 1. The lowest BCUT2D eigenvalue weighted by atomic mass is 9.97. The first-order valence-corrected chi connectivity index (χ1v) is 6.64. The van der Waals surface area contributed by atoms with E-state index < -0.39 is 0 Å². The number of alkyl halides is 1. The third-order valence-corrected chi connectivity index (χ3v) is 3.41. The highest BCUT2D eigenvalue weighted by Crippen LogP contribution is 2.18. The van der Waals surface area contributed by atoms with E-state index in [2.05, 4.69) is 0 Å². The van der Waals surface area contributed by atoms with Gasteiger partial charge in [-0.3, -0.25) is 4.79 Å². The number of amides is 1. The van der Waals surface area contributed by atoms with Crippen molar-refractivity contribution in [2.24, 2.45) is 5.92 Å². The molecule has 1 heterocycles. The molecule has 1 aliphatic rings. The van der Waals surface area contributed by atoms with Crippen LogP contribution < -0.4 is 0 Å². The molecule has 0 atom stereocenters. The summed E-state index contributed by atoms with van der Waals surface area (Å²) in [5, 5.41) is 0. The van der Waals surface area contributed by atoms with Gasteiger partial charge in [0, 0.05) is 39.1 Å². The van der Waals surface area contributed by atoms with Gasteiger partial charge in [-0.15, -0.1) is 11.6 Å². The number of nitrogens with zero attached hydrogens (tertiary/aromatic N) is 1. The number of hydrogen-bond acceptors (Lipinski definition) is 2. The smallest absolute Gasteiger partial charge is 0.222 e. The van der Waals surface area contributed by atoms with Crippen LogP contribution in [0.4, 0.5) is 0 Å². The molecule has 0 unspecified atom stereocenters. The van der Waals surface area contributed by atoms with Crippen molar-refractivity contribution in [2.45, 2.75) is 32.1 Å². The Labute approximate surface area is 103 Å². The van der Waals surface area contributed by atoms with Crippen LogP contribution in [0.3, 0.4) is 0 Å². The van der Waals surface area contributed by atoms with Crippen LogP contribution in [-0.4, -0.2) is 43.5 Å². The fourth-order valence-electron chi connectivity index (χ4n) is 2.11. The molecule has 1 aliphatic heterocycles. The van der Waals surface area contributed by atoms with Crippen LogP contribution in [0.2, 0.25) is 0 Å². The fourth-order valence-corrected chi connectivity index (χ4v) is 2.30. The van der Waals surface area contributed by atoms with E-state index in [-0.39, 0.29) is 0 Å². The highest BCUT2D eigenvalue weighted by atomic mass is 35.5. The minimum atomic E-state index is 0.293. The number of ether oxygens (including phenoxy) is 1. The van der Waals surface area contributed by atoms with Crippen LogP contribution in [0.25, 0.3) is 0 Å². The molecule has 1 fully saturated rings. The van der Waals surface area contributed by atoms with E-state index in [9.17, 15) is 4.79 Å². The summed E-state index contributed by atoms with van der Waals surface area (Å²) in [6, 6.07) is 0. The third kappa shape index (κ3) is 4.71. The molecule has 1 rings (SSSR count). The summed E-state index contributed by atoms with van der Waals surface area (Å²) >= 11 is 5.59. The van der Waals surface area contributed by atoms with E-state index in [4.69, 9.17) is 16.3 Å². The Morgan fingerprint density at radius 3 is 2.62 bits per heavy atom. The lowest BCUT2D eigenvalue weighted by Gasteiger charge is -2.31. The van der Waals surface area contributed by atoms with Gasteiger partial charge in [0.25, 0.3) is 0 Å². The van der Waals surface area contributed by atoms with Crippen molar-refractivity contribution in [3.05, 3.63) is 0 Å². The Balaban J connectivity index is 2.17. The van der Waals surface area contributed by atoms with Gasteiger partial charge in [-0.05, 0) is 31.6 Å². The molecule has 4 heteroatoms. The highest BCUT2D eigenvalue weighted by molar-refractivity contribution is 6.17. The molecule has 0 N–H and O–H groups in total. The van der Waals surface area contributed by atoms with Crippen molar-refractivity contribution in [3.63, 3.8) is 0 Å². The fraction of sp³-hybridized carbons (Fsp3) is 0.917. The van der Waals surface area contributed by atoms with E-state index in [1.165, 1.54) is 0 Å². The lowest BCUT2D eigenvalue weighted by molar-refractivity contribution is -0.132. The molecule has 0 radical (unpaired) electrons. The SMILES string of the molecule is COCC1CCN(C(=O)CCCCCl)CC1. The number of methoxy groups -OCH3 is 1. The summed E-state index contributed by atoms with van der Waals surface area (Å²) in [6.07, 6.45) is 4.67. The van der Waals surface area contributed by atoms with Crippen molar-refractivity contribution < 1.29 is 9.53 Å². The average molecular weight is 248 g/mol. The number of halogens is 1. The summed E-state index contributed by atoms with van der Waals surface area (Å²) in [4.78, 5) is 13.8. The molecule has 0 saturated carbocycles. The molecular weight excluding hydrogens is 226 g/mol. The van der Waals surface area contributed by atoms with Crippen molar-refractivity contribution in [2.75, 3.05) is 32.7 Å². The summed E-state index contributed by atoms with van der Waals surface area (Å²) in [5.74, 6) is 1.58. The molecule has 0 aliphatic carbocycles. The Bertz CT molecular complexity index is 203. The standard InChI is InChI=1S/C12H22ClNO2/c1-16-10-11-5-8-14(9-6-11)12(15)4-2-3-7-13/h11H,2-10H2,1H3. The van der Waals surface area contributed by atoms with Crippen LogP contribution in [0.5, 0.6) is 0 Å². The van der Waals surface area contributed by atoms with Crippen LogP contribution in [-0.2, 0) is 9.53 Å². The number of likely N-dealkylation sites (tertiary alicyclic amines) is 1. The maximum Gasteiger partial charge on any atom is 0.222 e. The number of hydrogen-bond donors (Lipinski definition) is 0. The highest BCUT2D eigenvalue weighted by Gasteiger charge is 2.21. The van der Waals surface area contributed by atoms with Gasteiger partial charge in [0.05, 0.1) is 0 Å². The zero-order valence-corrected chi connectivity index (χ0v) is 10.8. The van der Waals surface area contributed by atoms with Gasteiger partial charge < -0.3 is 9.64 Å². The number of piperidine rings is 1. The van der Waals surface area contributed by atoms with Crippen molar-refractivity contribution >= 4 is 17.5 Å². The van der Waals surface area contributed by atoms with Crippen molar-refractivity contribution in [1.82, 2.24) is 4.90 Å². The first-order chi connectivity index (χ1) is 7.77. The van der Waals surface area contributed by atoms with Gasteiger partial charge in [0.1, 0.15) is 0 Å². The molecule has 3 nitrogen and oxygen atoms in total. The largest absolute Gasteiger partial charge is 0.384 e.